The molecule has 0 aromatic carbocycles. The molecule has 0 saturated carbocycles. The summed E-state index contributed by atoms with van der Waals surface area (Å²) in [4.78, 5) is 10.7. The molecule has 5 heteroatoms. The summed E-state index contributed by atoms with van der Waals surface area (Å²) in [6, 6.07) is 2.23. The summed E-state index contributed by atoms with van der Waals surface area (Å²) >= 11 is 0. The predicted octanol–water partition coefficient (Wildman–Crippen LogP) is 1.83. The van der Waals surface area contributed by atoms with Crippen LogP contribution in [0.4, 0.5) is 11.6 Å². The van der Waals surface area contributed by atoms with Gasteiger partial charge in [0.1, 0.15) is 18.2 Å². The van der Waals surface area contributed by atoms with Gasteiger partial charge >= 0.3 is 0 Å². The van der Waals surface area contributed by atoms with Crippen LogP contribution in [0.1, 0.15) is 32.5 Å². The van der Waals surface area contributed by atoms with Crippen molar-refractivity contribution >= 4 is 11.6 Å². The Balaban J connectivity index is 2.88. The van der Waals surface area contributed by atoms with Gasteiger partial charge in [-0.25, -0.2) is 9.97 Å². The molecule has 0 aliphatic carbocycles. The summed E-state index contributed by atoms with van der Waals surface area (Å²) in [6.45, 7) is 4.74. The molecule has 5 nitrogen and oxygen atoms in total. The molecule has 17 heavy (non-hydrogen) atoms. The number of nitrogens with zero attached hydrogens (tertiary/aromatic N) is 3. The topological polar surface area (TPSA) is 64.3 Å². The summed E-state index contributed by atoms with van der Waals surface area (Å²) in [5.41, 5.74) is 5.77. The molecule has 0 fully saturated rings. The first-order chi connectivity index (χ1) is 8.08. The normalized spacial score (nSPS) is 12.5. The van der Waals surface area contributed by atoms with Gasteiger partial charge in [-0.2, -0.15) is 0 Å². The molecule has 1 unspecified atom stereocenters. The lowest BCUT2D eigenvalue weighted by atomic mass is 10.2. The quantitative estimate of drug-likeness (QED) is 0.819. The van der Waals surface area contributed by atoms with Crippen LogP contribution >= 0.6 is 0 Å². The van der Waals surface area contributed by atoms with Gasteiger partial charge in [-0.05, 0) is 13.3 Å². The van der Waals surface area contributed by atoms with Crippen LogP contribution < -0.4 is 10.6 Å². The van der Waals surface area contributed by atoms with Gasteiger partial charge in [-0.1, -0.05) is 13.3 Å². The van der Waals surface area contributed by atoms with Crippen molar-refractivity contribution in [2.75, 3.05) is 24.8 Å². The maximum absolute atomic E-state index is 5.77. The van der Waals surface area contributed by atoms with Crippen molar-refractivity contribution in [2.24, 2.45) is 0 Å². The van der Waals surface area contributed by atoms with Crippen LogP contribution in [-0.2, 0) is 11.3 Å². The molecule has 96 valence electrons. The van der Waals surface area contributed by atoms with Crippen molar-refractivity contribution in [3.8, 4) is 0 Å². The highest BCUT2D eigenvalue weighted by molar-refractivity contribution is 5.47. The van der Waals surface area contributed by atoms with Crippen molar-refractivity contribution in [1.82, 2.24) is 9.97 Å². The van der Waals surface area contributed by atoms with E-state index in [1.54, 1.807) is 13.2 Å². The highest BCUT2D eigenvalue weighted by Crippen LogP contribution is 2.17. The fourth-order valence-corrected chi connectivity index (χ4v) is 1.71. The number of hydrogen-bond acceptors (Lipinski definition) is 5. The zero-order valence-corrected chi connectivity index (χ0v) is 11.1. The Hall–Kier alpha value is -1.36. The van der Waals surface area contributed by atoms with Crippen molar-refractivity contribution in [3.63, 3.8) is 0 Å². The fourth-order valence-electron chi connectivity index (χ4n) is 1.71. The van der Waals surface area contributed by atoms with E-state index in [1.807, 2.05) is 7.05 Å². The Morgan fingerprint density at radius 3 is 2.76 bits per heavy atom. The minimum absolute atomic E-state index is 0.383. The van der Waals surface area contributed by atoms with Crippen LogP contribution in [-0.4, -0.2) is 30.2 Å². The highest BCUT2D eigenvalue weighted by Gasteiger charge is 2.12. The van der Waals surface area contributed by atoms with Crippen molar-refractivity contribution < 1.29 is 4.74 Å². The smallest absolute Gasteiger partial charge is 0.158 e. The first kappa shape index (κ1) is 13.7. The lowest BCUT2D eigenvalue weighted by Crippen LogP contribution is -2.29. The number of hydrogen-bond donors (Lipinski definition) is 1. The summed E-state index contributed by atoms with van der Waals surface area (Å²) in [5.74, 6) is 1.96. The first-order valence-corrected chi connectivity index (χ1v) is 5.93. The molecule has 0 spiro atoms. The standard InChI is InChI=1S/C12H22N4O/c1-5-6-9(2)16(3)12-7-10(13)14-11(15-12)8-17-4/h7,9H,5-6,8H2,1-4H3,(H2,13,14,15). The summed E-state index contributed by atoms with van der Waals surface area (Å²) < 4.78 is 5.03. The SMILES string of the molecule is CCCC(C)N(C)c1cc(N)nc(COC)n1. The van der Waals surface area contributed by atoms with Crippen LogP contribution in [0.5, 0.6) is 0 Å². The predicted molar refractivity (Wildman–Crippen MR) is 69.9 cm³/mol. The summed E-state index contributed by atoms with van der Waals surface area (Å²) in [5, 5.41) is 0. The molecule has 0 radical (unpaired) electrons. The zero-order chi connectivity index (χ0) is 12.8. The Kier molecular flexibility index (Phi) is 5.15. The molecule has 1 atom stereocenters. The molecule has 1 rings (SSSR count). The average molecular weight is 238 g/mol. The second-order valence-corrected chi connectivity index (χ2v) is 4.25. The van der Waals surface area contributed by atoms with E-state index in [9.17, 15) is 0 Å². The van der Waals surface area contributed by atoms with Crippen molar-refractivity contribution in [2.45, 2.75) is 39.3 Å². The molecule has 0 aliphatic rings. The monoisotopic (exact) mass is 238 g/mol. The Morgan fingerprint density at radius 1 is 1.47 bits per heavy atom. The molecule has 1 aromatic heterocycles. The molecule has 1 aromatic rings. The third-order valence-electron chi connectivity index (χ3n) is 2.78. The van der Waals surface area contributed by atoms with Crippen LogP contribution in [0.3, 0.4) is 0 Å². The average Bonchev–Trinajstić information content (AvgIpc) is 2.28. The fraction of sp³-hybridized carbons (Fsp3) is 0.667. The zero-order valence-electron chi connectivity index (χ0n) is 11.1. The van der Waals surface area contributed by atoms with Gasteiger partial charge in [0.25, 0.3) is 0 Å². The van der Waals surface area contributed by atoms with E-state index in [-0.39, 0.29) is 0 Å². The lowest BCUT2D eigenvalue weighted by molar-refractivity contribution is 0.178. The third kappa shape index (κ3) is 3.85. The Bertz CT molecular complexity index is 356. The van der Waals surface area contributed by atoms with Gasteiger partial charge < -0.3 is 15.4 Å². The number of nitrogens with two attached hydrogens (primary N) is 1. The Morgan fingerprint density at radius 2 is 2.18 bits per heavy atom. The Labute approximate surface area is 103 Å². The number of nitrogen functional groups attached to an aromatic ring is 1. The van der Waals surface area contributed by atoms with E-state index in [0.717, 1.165) is 18.7 Å². The van der Waals surface area contributed by atoms with Gasteiger partial charge in [0.2, 0.25) is 0 Å². The number of anilines is 2. The van der Waals surface area contributed by atoms with E-state index in [4.69, 9.17) is 10.5 Å². The van der Waals surface area contributed by atoms with Gasteiger partial charge in [-0.15, -0.1) is 0 Å². The molecule has 0 amide bonds. The number of methoxy groups -OCH3 is 1. The van der Waals surface area contributed by atoms with E-state index < -0.39 is 0 Å². The number of ether oxygens (including phenoxy) is 1. The molecular weight excluding hydrogens is 216 g/mol. The second-order valence-electron chi connectivity index (χ2n) is 4.25. The molecular formula is C12H22N4O. The van der Waals surface area contributed by atoms with E-state index in [2.05, 4.69) is 28.7 Å². The third-order valence-corrected chi connectivity index (χ3v) is 2.78. The molecule has 2 N–H and O–H groups in total. The van der Waals surface area contributed by atoms with Crippen LogP contribution in [0, 0.1) is 0 Å². The molecule has 0 bridgehead atoms. The van der Waals surface area contributed by atoms with Crippen LogP contribution in [0.25, 0.3) is 0 Å². The van der Waals surface area contributed by atoms with E-state index in [0.29, 0.717) is 24.3 Å². The minimum atomic E-state index is 0.383. The molecule has 0 saturated heterocycles. The van der Waals surface area contributed by atoms with Crippen molar-refractivity contribution in [3.05, 3.63) is 11.9 Å². The summed E-state index contributed by atoms with van der Waals surface area (Å²) in [6.07, 6.45) is 2.27. The second kappa shape index (κ2) is 6.39. The largest absolute Gasteiger partial charge is 0.384 e. The maximum atomic E-state index is 5.77. The van der Waals surface area contributed by atoms with Gasteiger partial charge in [0.05, 0.1) is 0 Å². The first-order valence-electron chi connectivity index (χ1n) is 5.93. The highest BCUT2D eigenvalue weighted by atomic mass is 16.5. The number of aromatic nitrogens is 2. The number of rotatable bonds is 6. The van der Waals surface area contributed by atoms with Gasteiger partial charge in [-0.3, -0.25) is 0 Å². The lowest BCUT2D eigenvalue weighted by Gasteiger charge is -2.26. The van der Waals surface area contributed by atoms with E-state index in [1.165, 1.54) is 0 Å². The molecule has 0 aliphatic heterocycles. The maximum Gasteiger partial charge on any atom is 0.158 e. The van der Waals surface area contributed by atoms with E-state index >= 15 is 0 Å². The van der Waals surface area contributed by atoms with Gasteiger partial charge in [0.15, 0.2) is 5.82 Å². The molecule has 1 heterocycles. The van der Waals surface area contributed by atoms with Crippen molar-refractivity contribution in [1.29, 1.82) is 0 Å². The summed E-state index contributed by atoms with van der Waals surface area (Å²) in [7, 11) is 3.65. The van der Waals surface area contributed by atoms with Gasteiger partial charge in [0, 0.05) is 26.3 Å². The van der Waals surface area contributed by atoms with Crippen LogP contribution in [0.15, 0.2) is 6.07 Å². The van der Waals surface area contributed by atoms with Crippen LogP contribution in [0.2, 0.25) is 0 Å². The minimum Gasteiger partial charge on any atom is -0.384 e.